The van der Waals surface area contributed by atoms with Gasteiger partial charge in [0.2, 0.25) is 5.95 Å². The lowest BCUT2D eigenvalue weighted by atomic mass is 10.1. The Hall–Kier alpha value is -3.32. The van der Waals surface area contributed by atoms with E-state index < -0.39 is 5.76 Å². The molecule has 0 radical (unpaired) electrons. The number of hydrogen-bond donors (Lipinski definition) is 2. The third-order valence-electron chi connectivity index (χ3n) is 4.43. The molecule has 0 aliphatic heterocycles. The summed E-state index contributed by atoms with van der Waals surface area (Å²) in [5.74, 6) is 0.381. The van der Waals surface area contributed by atoms with E-state index in [0.29, 0.717) is 27.9 Å². The van der Waals surface area contributed by atoms with E-state index in [1.165, 1.54) is 4.68 Å². The number of aryl methyl sites for hydroxylation is 3. The minimum atomic E-state index is -0.516. The average Bonchev–Trinajstić information content (AvgIpc) is 2.98. The number of para-hydroxylation sites is 2. The van der Waals surface area contributed by atoms with Crippen molar-refractivity contribution in [2.45, 2.75) is 20.8 Å². The molecule has 0 amide bonds. The summed E-state index contributed by atoms with van der Waals surface area (Å²) < 4.78 is 6.58. The van der Waals surface area contributed by atoms with Gasteiger partial charge in [0.15, 0.2) is 11.4 Å². The van der Waals surface area contributed by atoms with Gasteiger partial charge in [-0.1, -0.05) is 23.7 Å². The van der Waals surface area contributed by atoms with Gasteiger partial charge in [0, 0.05) is 22.5 Å². The van der Waals surface area contributed by atoms with Crippen LogP contribution in [0.15, 0.2) is 51.8 Å². The number of fused-ring (bicyclic) bond motifs is 1. The molecule has 0 atom stereocenters. The van der Waals surface area contributed by atoms with Crippen LogP contribution in [0.1, 0.15) is 16.7 Å². The summed E-state index contributed by atoms with van der Waals surface area (Å²) in [6.45, 7) is 5.75. The number of oxazole rings is 1. The first kappa shape index (κ1) is 18.1. The minimum Gasteiger partial charge on any atom is -0.406 e. The Morgan fingerprint density at radius 1 is 1.07 bits per heavy atom. The molecule has 2 heterocycles. The molecule has 2 aromatic carbocycles. The van der Waals surface area contributed by atoms with Crippen LogP contribution in [0.25, 0.3) is 11.1 Å². The number of hydrogen-bond acceptors (Lipinski definition) is 6. The molecule has 142 valence electrons. The van der Waals surface area contributed by atoms with Crippen LogP contribution in [0.3, 0.4) is 0 Å². The van der Waals surface area contributed by atoms with Crippen LogP contribution in [-0.4, -0.2) is 14.6 Å². The number of rotatable bonds is 4. The first-order valence-electron chi connectivity index (χ1n) is 8.67. The van der Waals surface area contributed by atoms with Crippen molar-refractivity contribution in [1.29, 1.82) is 0 Å². The van der Waals surface area contributed by atoms with Gasteiger partial charge in [-0.25, -0.2) is 9.78 Å². The van der Waals surface area contributed by atoms with E-state index in [9.17, 15) is 4.79 Å². The van der Waals surface area contributed by atoms with Crippen LogP contribution in [0.5, 0.6) is 0 Å². The third kappa shape index (κ3) is 3.32. The maximum atomic E-state index is 12.2. The molecule has 0 aliphatic carbocycles. The summed E-state index contributed by atoms with van der Waals surface area (Å²) in [7, 11) is 0. The van der Waals surface area contributed by atoms with E-state index in [2.05, 4.69) is 20.7 Å². The zero-order chi connectivity index (χ0) is 19.8. The van der Waals surface area contributed by atoms with E-state index in [4.69, 9.17) is 16.0 Å². The molecule has 0 aliphatic rings. The monoisotopic (exact) mass is 395 g/mol. The fraction of sp³-hybridized carbons (Fsp3) is 0.150. The maximum Gasteiger partial charge on any atom is 0.439 e. The number of aromatic nitrogens is 3. The van der Waals surface area contributed by atoms with E-state index in [1.54, 1.807) is 18.3 Å². The Bertz CT molecular complexity index is 1250. The van der Waals surface area contributed by atoms with E-state index in [-0.39, 0.29) is 0 Å². The van der Waals surface area contributed by atoms with Crippen LogP contribution in [0.4, 0.5) is 17.5 Å². The second-order valence-corrected chi connectivity index (χ2v) is 6.96. The van der Waals surface area contributed by atoms with Crippen molar-refractivity contribution in [2.24, 2.45) is 0 Å². The number of anilines is 3. The van der Waals surface area contributed by atoms with Crippen LogP contribution >= 0.6 is 11.6 Å². The second-order valence-electron chi connectivity index (χ2n) is 6.55. The largest absolute Gasteiger partial charge is 0.439 e. The Morgan fingerprint density at radius 2 is 1.86 bits per heavy atom. The molecule has 0 spiro atoms. The lowest BCUT2D eigenvalue weighted by Gasteiger charge is -2.13. The minimum absolute atomic E-state index is 0.402. The summed E-state index contributed by atoms with van der Waals surface area (Å²) in [6.07, 6.45) is 1.68. The van der Waals surface area contributed by atoms with Gasteiger partial charge in [0.25, 0.3) is 0 Å². The molecule has 2 aromatic heterocycles. The highest BCUT2D eigenvalue weighted by Crippen LogP contribution is 2.26. The average molecular weight is 396 g/mol. The summed E-state index contributed by atoms with van der Waals surface area (Å²) in [4.78, 5) is 21.1. The molecular formula is C20H18ClN5O2. The van der Waals surface area contributed by atoms with E-state index >= 15 is 0 Å². The zero-order valence-corrected chi connectivity index (χ0v) is 16.3. The fourth-order valence-electron chi connectivity index (χ4n) is 2.83. The Kier molecular flexibility index (Phi) is 4.52. The molecule has 7 nitrogen and oxygen atoms in total. The molecule has 0 bridgehead atoms. The van der Waals surface area contributed by atoms with Crippen molar-refractivity contribution in [3.63, 3.8) is 0 Å². The van der Waals surface area contributed by atoms with Gasteiger partial charge in [0.1, 0.15) is 5.52 Å². The van der Waals surface area contributed by atoms with Gasteiger partial charge < -0.3 is 9.73 Å². The van der Waals surface area contributed by atoms with E-state index in [1.807, 2.05) is 45.0 Å². The van der Waals surface area contributed by atoms with Crippen molar-refractivity contribution in [3.8, 4) is 0 Å². The van der Waals surface area contributed by atoms with Gasteiger partial charge in [0.05, 0.1) is 0 Å². The van der Waals surface area contributed by atoms with Crippen molar-refractivity contribution < 1.29 is 4.42 Å². The van der Waals surface area contributed by atoms with Gasteiger partial charge in [-0.15, -0.1) is 0 Å². The van der Waals surface area contributed by atoms with E-state index in [0.717, 1.165) is 22.4 Å². The van der Waals surface area contributed by atoms with Gasteiger partial charge >= 0.3 is 5.76 Å². The normalized spacial score (nSPS) is 11.0. The maximum absolute atomic E-state index is 12.2. The van der Waals surface area contributed by atoms with Gasteiger partial charge in [-0.3, -0.25) is 5.43 Å². The Morgan fingerprint density at radius 3 is 2.68 bits per heavy atom. The number of nitrogens with one attached hydrogen (secondary N) is 2. The zero-order valence-electron chi connectivity index (χ0n) is 15.6. The summed E-state index contributed by atoms with van der Waals surface area (Å²) in [6, 6.07) is 11.0. The molecule has 8 heteroatoms. The highest BCUT2D eigenvalue weighted by atomic mass is 35.5. The van der Waals surface area contributed by atoms with Crippen LogP contribution in [-0.2, 0) is 0 Å². The molecule has 0 saturated heterocycles. The van der Waals surface area contributed by atoms with Crippen LogP contribution in [0, 0.1) is 20.8 Å². The predicted octanol–water partition coefficient (Wildman–Crippen LogP) is 4.58. The molecule has 0 saturated carbocycles. The molecule has 4 rings (SSSR count). The molecule has 2 N–H and O–H groups in total. The van der Waals surface area contributed by atoms with Crippen molar-refractivity contribution in [3.05, 3.63) is 74.9 Å². The number of nitrogens with zero attached hydrogens (tertiary/aromatic N) is 3. The summed E-state index contributed by atoms with van der Waals surface area (Å²) >= 11 is 6.17. The highest BCUT2D eigenvalue weighted by molar-refractivity contribution is 6.31. The summed E-state index contributed by atoms with van der Waals surface area (Å²) in [5.41, 5.74) is 7.73. The van der Waals surface area contributed by atoms with Crippen LogP contribution < -0.4 is 16.5 Å². The first-order chi connectivity index (χ1) is 13.4. The molecule has 0 fully saturated rings. The number of halogens is 1. The molecule has 4 aromatic rings. The lowest BCUT2D eigenvalue weighted by Crippen LogP contribution is -2.23. The Balaban J connectivity index is 1.69. The SMILES string of the molecule is Cc1cc(Nc2ncc(C)c(Nn3c(=O)oc4ccccc43)n2)c(C)cc1Cl. The van der Waals surface area contributed by atoms with Crippen LogP contribution in [0.2, 0.25) is 5.02 Å². The first-order valence-corrected chi connectivity index (χ1v) is 9.05. The second kappa shape index (κ2) is 7.01. The topological polar surface area (TPSA) is 85.0 Å². The smallest absolute Gasteiger partial charge is 0.406 e. The number of benzene rings is 2. The molecule has 0 unspecified atom stereocenters. The molecule has 28 heavy (non-hydrogen) atoms. The van der Waals surface area contributed by atoms with Gasteiger partial charge in [-0.05, 0) is 56.2 Å². The van der Waals surface area contributed by atoms with Crippen molar-refractivity contribution >= 4 is 40.2 Å². The van der Waals surface area contributed by atoms with Crippen molar-refractivity contribution in [1.82, 2.24) is 14.6 Å². The lowest BCUT2D eigenvalue weighted by molar-refractivity contribution is 0.532. The third-order valence-corrected chi connectivity index (χ3v) is 4.83. The standard InChI is InChI=1S/C20H18ClN5O2/c1-11-9-15(12(2)8-14(11)21)23-19-22-10-13(3)18(24-19)25-26-16-6-4-5-7-17(16)28-20(26)27/h4-10H,1-3H3,(H2,22,23,24,25). The quantitative estimate of drug-likeness (QED) is 0.526. The fourth-order valence-corrected chi connectivity index (χ4v) is 3.05. The highest BCUT2D eigenvalue weighted by Gasteiger charge is 2.12. The molecular weight excluding hydrogens is 378 g/mol. The Labute approximate surface area is 166 Å². The van der Waals surface area contributed by atoms with Crippen molar-refractivity contribution in [2.75, 3.05) is 10.7 Å². The summed E-state index contributed by atoms with van der Waals surface area (Å²) in [5, 5.41) is 3.92. The van der Waals surface area contributed by atoms with Gasteiger partial charge in [-0.2, -0.15) is 9.66 Å². The predicted molar refractivity (Wildman–Crippen MR) is 110 cm³/mol.